The van der Waals surface area contributed by atoms with Crippen LogP contribution in [0.1, 0.15) is 32.3 Å². The van der Waals surface area contributed by atoms with Gasteiger partial charge in [-0.15, -0.1) is 13.2 Å². The minimum atomic E-state index is -4.79. The predicted molar refractivity (Wildman–Crippen MR) is 126 cm³/mol. The van der Waals surface area contributed by atoms with Crippen LogP contribution in [0.25, 0.3) is 0 Å². The lowest BCUT2D eigenvalue weighted by molar-refractivity contribution is -0.274. The molecule has 0 unspecified atom stereocenters. The number of aromatic nitrogens is 1. The molecule has 0 aliphatic heterocycles. The third-order valence-corrected chi connectivity index (χ3v) is 5.48. The van der Waals surface area contributed by atoms with Gasteiger partial charge in [-0.1, -0.05) is 32.0 Å². The molecule has 1 aromatic heterocycles. The second-order valence-corrected chi connectivity index (χ2v) is 7.51. The second-order valence-electron chi connectivity index (χ2n) is 7.51. The van der Waals surface area contributed by atoms with Crippen molar-refractivity contribution in [3.63, 3.8) is 0 Å². The molecule has 3 aromatic rings. The van der Waals surface area contributed by atoms with Gasteiger partial charge >= 0.3 is 12.4 Å². The molecule has 0 bridgehead atoms. The molecule has 0 fully saturated rings. The van der Waals surface area contributed by atoms with Gasteiger partial charge in [0.2, 0.25) is 5.88 Å². The van der Waals surface area contributed by atoms with Gasteiger partial charge in [-0.05, 0) is 55.3 Å². The number of hydrogen-bond donors (Lipinski definition) is 2. The van der Waals surface area contributed by atoms with Crippen LogP contribution in [0.2, 0.25) is 0 Å². The average Bonchev–Trinajstić information content (AvgIpc) is 2.83. The molecule has 0 aliphatic carbocycles. The van der Waals surface area contributed by atoms with Crippen LogP contribution >= 0.6 is 0 Å². The van der Waals surface area contributed by atoms with E-state index in [4.69, 9.17) is 9.47 Å². The fraction of sp³-hybridized carbons (Fsp3) is 0.280. The monoisotopic (exact) mass is 489 g/mol. The number of carbonyl (C=O) groups excluding carboxylic acids is 1. The lowest BCUT2D eigenvalue weighted by atomic mass is 9.87. The van der Waals surface area contributed by atoms with Crippen molar-refractivity contribution in [2.45, 2.75) is 38.7 Å². The number of pyridine rings is 1. The highest BCUT2D eigenvalue weighted by Gasteiger charge is 2.32. The first kappa shape index (κ1) is 25.8. The Labute approximate surface area is 201 Å². The summed E-state index contributed by atoms with van der Waals surface area (Å²) in [5.41, 5.74) is 0.880. The van der Waals surface area contributed by atoms with Crippen LogP contribution in [0, 0.1) is 0 Å². The van der Waals surface area contributed by atoms with Crippen molar-refractivity contribution in [2.24, 2.45) is 0 Å². The maximum atomic E-state index is 12.5. The van der Waals surface area contributed by atoms with Crippen LogP contribution in [-0.4, -0.2) is 24.5 Å². The number of alkyl halides is 3. The Balaban J connectivity index is 1.76. The Bertz CT molecular complexity index is 1130. The van der Waals surface area contributed by atoms with E-state index < -0.39 is 23.7 Å². The van der Waals surface area contributed by atoms with Gasteiger partial charge in [0.05, 0.1) is 5.60 Å². The van der Waals surface area contributed by atoms with Crippen LogP contribution in [0.5, 0.6) is 17.4 Å². The van der Waals surface area contributed by atoms with E-state index in [9.17, 15) is 18.0 Å². The topological polar surface area (TPSA) is 81.7 Å². The van der Waals surface area contributed by atoms with Crippen molar-refractivity contribution < 1.29 is 32.2 Å². The van der Waals surface area contributed by atoms with E-state index in [0.29, 0.717) is 11.4 Å². The number of anilines is 2. The summed E-state index contributed by atoms with van der Waals surface area (Å²) in [7, 11) is 1.66. The van der Waals surface area contributed by atoms with Gasteiger partial charge in [0.25, 0.3) is 0 Å². The number of benzene rings is 2. The summed E-state index contributed by atoms with van der Waals surface area (Å²) in [5, 5.41) is 5.20. The number of halogens is 3. The van der Waals surface area contributed by atoms with Gasteiger partial charge < -0.3 is 24.8 Å². The zero-order valence-electron chi connectivity index (χ0n) is 19.5. The Morgan fingerprint density at radius 1 is 0.943 bits per heavy atom. The molecule has 0 spiro atoms. The minimum Gasteiger partial charge on any atom is -0.437 e. The molecule has 7 nitrogen and oxygen atoms in total. The van der Waals surface area contributed by atoms with Crippen molar-refractivity contribution in [2.75, 3.05) is 17.7 Å². The quantitative estimate of drug-likeness (QED) is 0.336. The minimum absolute atomic E-state index is 0.168. The highest BCUT2D eigenvalue weighted by atomic mass is 19.4. The first-order chi connectivity index (χ1) is 16.7. The summed E-state index contributed by atoms with van der Waals surface area (Å²) in [6.07, 6.45) is -1.81. The molecule has 0 aliphatic rings. The molecule has 10 heteroatoms. The molecule has 2 N–H and O–H groups in total. The predicted octanol–water partition coefficient (Wildman–Crippen LogP) is 7.08. The Morgan fingerprint density at radius 3 is 2.26 bits per heavy atom. The van der Waals surface area contributed by atoms with Crippen LogP contribution in [-0.2, 0) is 10.3 Å². The maximum Gasteiger partial charge on any atom is 0.573 e. The van der Waals surface area contributed by atoms with E-state index in [-0.39, 0.29) is 11.6 Å². The van der Waals surface area contributed by atoms with E-state index in [2.05, 4.69) is 20.4 Å². The third-order valence-electron chi connectivity index (χ3n) is 5.48. The number of amides is 2. The molecule has 2 aromatic carbocycles. The van der Waals surface area contributed by atoms with Gasteiger partial charge in [-0.25, -0.2) is 9.78 Å². The fourth-order valence-corrected chi connectivity index (χ4v) is 3.66. The lowest BCUT2D eigenvalue weighted by Crippen LogP contribution is -2.27. The van der Waals surface area contributed by atoms with Crippen molar-refractivity contribution in [3.05, 3.63) is 72.4 Å². The lowest BCUT2D eigenvalue weighted by Gasteiger charge is -2.32. The van der Waals surface area contributed by atoms with E-state index >= 15 is 0 Å². The zero-order valence-corrected chi connectivity index (χ0v) is 19.5. The largest absolute Gasteiger partial charge is 0.573 e. The summed E-state index contributed by atoms with van der Waals surface area (Å²) in [5.74, 6) is 0.318. The molecule has 1 heterocycles. The summed E-state index contributed by atoms with van der Waals surface area (Å²) in [6, 6.07) is 14.9. The fourth-order valence-electron chi connectivity index (χ4n) is 3.66. The highest BCUT2D eigenvalue weighted by molar-refractivity contribution is 6.00. The van der Waals surface area contributed by atoms with E-state index in [1.54, 1.807) is 25.3 Å². The molecule has 0 radical (unpaired) electrons. The Hall–Kier alpha value is -3.79. The molecular formula is C25H26F3N3O4. The van der Waals surface area contributed by atoms with Crippen LogP contribution in [0.3, 0.4) is 0 Å². The van der Waals surface area contributed by atoms with Gasteiger partial charge in [-0.2, -0.15) is 0 Å². The number of methoxy groups -OCH3 is 1. The molecular weight excluding hydrogens is 463 g/mol. The van der Waals surface area contributed by atoms with Crippen molar-refractivity contribution in [1.82, 2.24) is 4.98 Å². The van der Waals surface area contributed by atoms with E-state index in [0.717, 1.165) is 30.5 Å². The number of urea groups is 1. The van der Waals surface area contributed by atoms with Gasteiger partial charge in [0.1, 0.15) is 17.2 Å². The zero-order chi connectivity index (χ0) is 25.5. The van der Waals surface area contributed by atoms with E-state index in [1.165, 1.54) is 18.3 Å². The molecule has 0 saturated carbocycles. The van der Waals surface area contributed by atoms with Crippen LogP contribution in [0.4, 0.5) is 29.3 Å². The Morgan fingerprint density at radius 2 is 1.63 bits per heavy atom. The maximum absolute atomic E-state index is 12.5. The van der Waals surface area contributed by atoms with Crippen molar-refractivity contribution >= 4 is 17.4 Å². The smallest absolute Gasteiger partial charge is 0.437 e. The standard InChI is InChI=1S/C25H26F3N3O4/c1-4-24(5-2,33-3)19-9-6-7-11-21(19)34-22-20(10-8-16-29-22)31-23(32)30-17-12-14-18(15-13-17)35-25(26,27)28/h6-16H,4-5H2,1-3H3,(H2,30,31,32). The second kappa shape index (κ2) is 11.1. The number of rotatable bonds is 9. The Kier molecular flexibility index (Phi) is 8.18. The number of ether oxygens (including phenoxy) is 3. The highest BCUT2D eigenvalue weighted by Crippen LogP contribution is 2.40. The molecule has 3 rings (SSSR count). The number of hydrogen-bond acceptors (Lipinski definition) is 5. The first-order valence-corrected chi connectivity index (χ1v) is 10.9. The summed E-state index contributed by atoms with van der Waals surface area (Å²) in [6.45, 7) is 4.06. The summed E-state index contributed by atoms with van der Waals surface area (Å²) >= 11 is 0. The van der Waals surface area contributed by atoms with Gasteiger partial charge in [0, 0.05) is 24.6 Å². The normalized spacial score (nSPS) is 11.6. The van der Waals surface area contributed by atoms with Crippen molar-refractivity contribution in [1.29, 1.82) is 0 Å². The molecule has 0 saturated heterocycles. The summed E-state index contributed by atoms with van der Waals surface area (Å²) in [4.78, 5) is 16.8. The number of para-hydroxylation sites is 1. The van der Waals surface area contributed by atoms with Crippen LogP contribution in [0.15, 0.2) is 66.9 Å². The van der Waals surface area contributed by atoms with Gasteiger partial charge in [-0.3, -0.25) is 0 Å². The summed E-state index contributed by atoms with van der Waals surface area (Å²) < 4.78 is 52.7. The van der Waals surface area contributed by atoms with Crippen LogP contribution < -0.4 is 20.1 Å². The average molecular weight is 489 g/mol. The van der Waals surface area contributed by atoms with Crippen molar-refractivity contribution in [3.8, 4) is 17.4 Å². The first-order valence-electron chi connectivity index (χ1n) is 10.9. The number of carbonyl (C=O) groups is 1. The number of nitrogens with one attached hydrogen (secondary N) is 2. The molecule has 35 heavy (non-hydrogen) atoms. The SMILES string of the molecule is CCC(CC)(OC)c1ccccc1Oc1ncccc1NC(=O)Nc1ccc(OC(F)(F)F)cc1. The third kappa shape index (κ3) is 6.63. The molecule has 0 atom stereocenters. The molecule has 186 valence electrons. The number of nitrogens with zero attached hydrogens (tertiary/aromatic N) is 1. The van der Waals surface area contributed by atoms with Gasteiger partial charge in [0.15, 0.2) is 0 Å². The van der Waals surface area contributed by atoms with E-state index in [1.807, 2.05) is 32.0 Å². The molecule has 2 amide bonds.